The number of halogens is 1. The highest BCUT2D eigenvalue weighted by molar-refractivity contribution is 6.32. The van der Waals surface area contributed by atoms with Gasteiger partial charge in [0.2, 0.25) is 0 Å². The highest BCUT2D eigenvalue weighted by atomic mass is 35.5. The third kappa shape index (κ3) is 3.27. The summed E-state index contributed by atoms with van der Waals surface area (Å²) in [6, 6.07) is 3.06. The maximum atomic E-state index is 11.7. The van der Waals surface area contributed by atoms with Crippen LogP contribution in [0.15, 0.2) is 12.1 Å². The quantitative estimate of drug-likeness (QED) is 0.881. The van der Waals surface area contributed by atoms with Crippen LogP contribution < -0.4 is 14.8 Å². The lowest BCUT2D eigenvalue weighted by Crippen LogP contribution is -2.36. The standard InChI is InChI=1S/C12H16ClNO4/c1-12(2,16)11(15)14-8-5-7(13)9(17-3)6-10(8)18-4/h5-6,16H,1-4H3,(H,14,15). The molecule has 1 amide bonds. The van der Waals surface area contributed by atoms with Crippen molar-refractivity contribution in [3.8, 4) is 11.5 Å². The van der Waals surface area contributed by atoms with Crippen molar-refractivity contribution in [1.29, 1.82) is 0 Å². The maximum Gasteiger partial charge on any atom is 0.255 e. The molecular weight excluding hydrogens is 258 g/mol. The Morgan fingerprint density at radius 2 is 1.83 bits per heavy atom. The lowest BCUT2D eigenvalue weighted by Gasteiger charge is -2.18. The topological polar surface area (TPSA) is 67.8 Å². The van der Waals surface area contributed by atoms with Crippen molar-refractivity contribution in [2.24, 2.45) is 0 Å². The van der Waals surface area contributed by atoms with Crippen molar-refractivity contribution in [3.63, 3.8) is 0 Å². The Balaban J connectivity index is 3.09. The Hall–Kier alpha value is -1.46. The molecule has 1 aromatic rings. The van der Waals surface area contributed by atoms with Crippen LogP contribution in [0.4, 0.5) is 5.69 Å². The van der Waals surface area contributed by atoms with Crippen LogP contribution in [0.5, 0.6) is 11.5 Å². The Morgan fingerprint density at radius 3 is 2.28 bits per heavy atom. The molecule has 0 saturated carbocycles. The van der Waals surface area contributed by atoms with Gasteiger partial charge in [0, 0.05) is 6.07 Å². The van der Waals surface area contributed by atoms with E-state index in [2.05, 4.69) is 5.32 Å². The van der Waals surface area contributed by atoms with Crippen LogP contribution in [0.2, 0.25) is 5.02 Å². The van der Waals surface area contributed by atoms with Crippen LogP contribution in [0.25, 0.3) is 0 Å². The first-order valence-corrected chi connectivity index (χ1v) is 5.62. The van der Waals surface area contributed by atoms with E-state index in [9.17, 15) is 9.90 Å². The average molecular weight is 274 g/mol. The first kappa shape index (κ1) is 14.6. The number of amides is 1. The number of ether oxygens (including phenoxy) is 2. The number of benzene rings is 1. The molecule has 1 rings (SSSR count). The molecule has 0 radical (unpaired) electrons. The summed E-state index contributed by atoms with van der Waals surface area (Å²) in [5.74, 6) is 0.283. The number of nitrogens with one attached hydrogen (secondary N) is 1. The lowest BCUT2D eigenvalue weighted by atomic mass is 10.1. The number of hydrogen-bond acceptors (Lipinski definition) is 4. The van der Waals surface area contributed by atoms with E-state index in [4.69, 9.17) is 21.1 Å². The van der Waals surface area contributed by atoms with Crippen LogP contribution in [-0.2, 0) is 4.79 Å². The molecule has 0 spiro atoms. The zero-order chi connectivity index (χ0) is 13.9. The van der Waals surface area contributed by atoms with E-state index in [1.54, 1.807) is 6.07 Å². The van der Waals surface area contributed by atoms with Gasteiger partial charge in [0.15, 0.2) is 0 Å². The number of carbonyl (C=O) groups is 1. The summed E-state index contributed by atoms with van der Waals surface area (Å²) in [6.07, 6.45) is 0. The average Bonchev–Trinajstić information content (AvgIpc) is 2.28. The number of hydrogen-bond donors (Lipinski definition) is 2. The summed E-state index contributed by atoms with van der Waals surface area (Å²) in [4.78, 5) is 11.7. The van der Waals surface area contributed by atoms with Gasteiger partial charge in [0.05, 0.1) is 24.9 Å². The van der Waals surface area contributed by atoms with Crippen LogP contribution >= 0.6 is 11.6 Å². The largest absolute Gasteiger partial charge is 0.495 e. The molecule has 100 valence electrons. The van der Waals surface area contributed by atoms with E-state index in [-0.39, 0.29) is 0 Å². The zero-order valence-electron chi connectivity index (χ0n) is 10.7. The van der Waals surface area contributed by atoms with Crippen molar-refractivity contribution < 1.29 is 19.4 Å². The van der Waals surface area contributed by atoms with Gasteiger partial charge < -0.3 is 19.9 Å². The van der Waals surface area contributed by atoms with Crippen molar-refractivity contribution in [3.05, 3.63) is 17.2 Å². The molecule has 0 fully saturated rings. The molecule has 0 aromatic heterocycles. The van der Waals surface area contributed by atoms with Gasteiger partial charge in [-0.05, 0) is 19.9 Å². The zero-order valence-corrected chi connectivity index (χ0v) is 11.5. The van der Waals surface area contributed by atoms with Gasteiger partial charge >= 0.3 is 0 Å². The van der Waals surface area contributed by atoms with Crippen molar-refractivity contribution in [2.45, 2.75) is 19.4 Å². The van der Waals surface area contributed by atoms with E-state index >= 15 is 0 Å². The minimum absolute atomic E-state index is 0.337. The van der Waals surface area contributed by atoms with Gasteiger partial charge in [-0.15, -0.1) is 0 Å². The number of carbonyl (C=O) groups excluding carboxylic acids is 1. The number of rotatable bonds is 4. The molecule has 1 aromatic carbocycles. The Labute approximate surface area is 111 Å². The predicted molar refractivity (Wildman–Crippen MR) is 69.5 cm³/mol. The van der Waals surface area contributed by atoms with E-state index in [1.165, 1.54) is 34.1 Å². The first-order chi connectivity index (χ1) is 8.29. The molecule has 6 heteroatoms. The number of anilines is 1. The fourth-order valence-corrected chi connectivity index (χ4v) is 1.47. The molecule has 0 aliphatic carbocycles. The molecule has 0 saturated heterocycles. The fourth-order valence-electron chi connectivity index (χ4n) is 1.23. The smallest absolute Gasteiger partial charge is 0.255 e. The SMILES string of the molecule is COc1cc(OC)c(NC(=O)C(C)(C)O)cc1Cl. The molecule has 0 bridgehead atoms. The Kier molecular flexibility index (Phi) is 4.43. The second-order valence-corrected chi connectivity index (χ2v) is 4.61. The number of aliphatic hydroxyl groups is 1. The molecule has 0 aliphatic heterocycles. The first-order valence-electron chi connectivity index (χ1n) is 5.25. The third-order valence-corrected chi connectivity index (χ3v) is 2.57. The predicted octanol–water partition coefficient (Wildman–Crippen LogP) is 2.07. The monoisotopic (exact) mass is 273 g/mol. The van der Waals surface area contributed by atoms with Crippen LogP contribution in [0.3, 0.4) is 0 Å². The normalized spacial score (nSPS) is 11.0. The molecule has 18 heavy (non-hydrogen) atoms. The molecular formula is C12H16ClNO4. The van der Waals surface area contributed by atoms with Crippen molar-refractivity contribution in [1.82, 2.24) is 0 Å². The molecule has 5 nitrogen and oxygen atoms in total. The van der Waals surface area contributed by atoms with Gasteiger partial charge in [-0.25, -0.2) is 0 Å². The second-order valence-electron chi connectivity index (χ2n) is 4.20. The lowest BCUT2D eigenvalue weighted by molar-refractivity contribution is -0.130. The highest BCUT2D eigenvalue weighted by Gasteiger charge is 2.25. The van der Waals surface area contributed by atoms with Gasteiger partial charge in [0.1, 0.15) is 17.1 Å². The summed E-state index contributed by atoms with van der Waals surface area (Å²) >= 11 is 5.96. The van der Waals surface area contributed by atoms with Crippen molar-refractivity contribution >= 4 is 23.2 Å². The summed E-state index contributed by atoms with van der Waals surface area (Å²) in [7, 11) is 2.94. The van der Waals surface area contributed by atoms with E-state index < -0.39 is 11.5 Å². The minimum atomic E-state index is -1.49. The van der Waals surface area contributed by atoms with Gasteiger partial charge in [0.25, 0.3) is 5.91 Å². The van der Waals surface area contributed by atoms with E-state index in [1.807, 2.05) is 0 Å². The molecule has 0 aliphatic rings. The summed E-state index contributed by atoms with van der Waals surface area (Å²) in [5, 5.41) is 12.4. The minimum Gasteiger partial charge on any atom is -0.495 e. The maximum absolute atomic E-state index is 11.7. The van der Waals surface area contributed by atoms with E-state index in [0.717, 1.165) is 0 Å². The molecule has 0 unspecified atom stereocenters. The van der Waals surface area contributed by atoms with Gasteiger partial charge in [-0.1, -0.05) is 11.6 Å². The Bertz CT molecular complexity index is 454. The fraction of sp³-hybridized carbons (Fsp3) is 0.417. The van der Waals surface area contributed by atoms with Crippen LogP contribution in [0, 0.1) is 0 Å². The Morgan fingerprint density at radius 1 is 1.28 bits per heavy atom. The highest BCUT2D eigenvalue weighted by Crippen LogP contribution is 2.36. The summed E-state index contributed by atoms with van der Waals surface area (Å²) < 4.78 is 10.2. The molecule has 0 atom stereocenters. The van der Waals surface area contributed by atoms with Crippen molar-refractivity contribution in [2.75, 3.05) is 19.5 Å². The van der Waals surface area contributed by atoms with Crippen LogP contribution in [-0.4, -0.2) is 30.8 Å². The van der Waals surface area contributed by atoms with Crippen LogP contribution in [0.1, 0.15) is 13.8 Å². The summed E-state index contributed by atoms with van der Waals surface area (Å²) in [6.45, 7) is 2.78. The van der Waals surface area contributed by atoms with Gasteiger partial charge in [-0.3, -0.25) is 4.79 Å². The second kappa shape index (κ2) is 5.46. The summed E-state index contributed by atoms with van der Waals surface area (Å²) in [5.41, 5.74) is -1.12. The van der Waals surface area contributed by atoms with E-state index in [0.29, 0.717) is 22.2 Å². The third-order valence-electron chi connectivity index (χ3n) is 2.28. The number of methoxy groups -OCH3 is 2. The molecule has 0 heterocycles. The van der Waals surface area contributed by atoms with Gasteiger partial charge in [-0.2, -0.15) is 0 Å². The molecule has 2 N–H and O–H groups in total.